The van der Waals surface area contributed by atoms with Crippen molar-refractivity contribution < 1.29 is 27.5 Å². The summed E-state index contributed by atoms with van der Waals surface area (Å²) in [4.78, 5) is 28.4. The van der Waals surface area contributed by atoms with E-state index in [9.17, 15) is 18.0 Å². The summed E-state index contributed by atoms with van der Waals surface area (Å²) in [5.74, 6) is 0.179. The second kappa shape index (κ2) is 12.3. The Morgan fingerprint density at radius 2 is 1.78 bits per heavy atom. The molecule has 2 aromatic rings. The normalized spacial score (nSPS) is 14.6. The van der Waals surface area contributed by atoms with Crippen LogP contribution < -0.4 is 19.1 Å². The van der Waals surface area contributed by atoms with Crippen molar-refractivity contribution in [2.45, 2.75) is 58.2 Å². The Hall–Kier alpha value is -3.27. The van der Waals surface area contributed by atoms with Gasteiger partial charge in [-0.25, -0.2) is 8.42 Å². The first-order valence-electron chi connectivity index (χ1n) is 12.4. The van der Waals surface area contributed by atoms with Crippen molar-refractivity contribution >= 4 is 27.5 Å². The maximum absolute atomic E-state index is 13.8. The molecule has 2 amide bonds. The molecule has 0 aliphatic heterocycles. The van der Waals surface area contributed by atoms with Gasteiger partial charge >= 0.3 is 0 Å². The second-order valence-corrected chi connectivity index (χ2v) is 11.4. The van der Waals surface area contributed by atoms with Crippen LogP contribution in [0.15, 0.2) is 42.5 Å². The summed E-state index contributed by atoms with van der Waals surface area (Å²) in [5.41, 5.74) is 1.84. The van der Waals surface area contributed by atoms with E-state index in [4.69, 9.17) is 9.47 Å². The highest BCUT2D eigenvalue weighted by molar-refractivity contribution is 7.92. The number of hydrogen-bond donors (Lipinski definition) is 1. The number of nitrogens with zero attached hydrogens (tertiary/aromatic N) is 2. The number of anilines is 1. The number of aryl methyl sites for hydroxylation is 1. The predicted octanol–water partition coefficient (Wildman–Crippen LogP) is 3.25. The zero-order chi connectivity index (χ0) is 27.2. The summed E-state index contributed by atoms with van der Waals surface area (Å²) >= 11 is 0. The predicted molar refractivity (Wildman–Crippen MR) is 143 cm³/mol. The minimum atomic E-state index is -3.86. The Balaban J connectivity index is 1.94. The summed E-state index contributed by atoms with van der Waals surface area (Å²) in [6.07, 6.45) is 5.00. The molecule has 1 aliphatic carbocycles. The van der Waals surface area contributed by atoms with Gasteiger partial charge in [0.1, 0.15) is 24.1 Å². The third-order valence-corrected chi connectivity index (χ3v) is 7.76. The zero-order valence-corrected chi connectivity index (χ0v) is 23.0. The molecule has 10 heteroatoms. The fraction of sp³-hybridized carbons (Fsp3) is 0.481. The van der Waals surface area contributed by atoms with Gasteiger partial charge in [0.25, 0.3) is 0 Å². The molecule has 0 spiro atoms. The molecule has 2 aromatic carbocycles. The number of ether oxygens (including phenoxy) is 2. The molecule has 0 unspecified atom stereocenters. The highest BCUT2D eigenvalue weighted by Gasteiger charge is 2.32. The highest BCUT2D eigenvalue weighted by atomic mass is 32.2. The molecular weight excluding hydrogens is 494 g/mol. The minimum absolute atomic E-state index is 0.0906. The van der Waals surface area contributed by atoms with Gasteiger partial charge in [-0.3, -0.25) is 13.9 Å². The van der Waals surface area contributed by atoms with E-state index in [0.717, 1.165) is 47.4 Å². The van der Waals surface area contributed by atoms with Crippen molar-refractivity contribution in [1.29, 1.82) is 0 Å². The quantitative estimate of drug-likeness (QED) is 0.477. The van der Waals surface area contributed by atoms with Crippen LogP contribution in [0.2, 0.25) is 0 Å². The van der Waals surface area contributed by atoms with Crippen LogP contribution in [-0.2, 0) is 26.2 Å². The molecule has 37 heavy (non-hydrogen) atoms. The van der Waals surface area contributed by atoms with Crippen LogP contribution in [0.4, 0.5) is 5.69 Å². The van der Waals surface area contributed by atoms with Crippen LogP contribution in [0, 0.1) is 6.92 Å². The molecule has 1 aliphatic rings. The topological polar surface area (TPSA) is 105 Å². The van der Waals surface area contributed by atoms with Crippen molar-refractivity contribution in [3.05, 3.63) is 53.6 Å². The van der Waals surface area contributed by atoms with Crippen LogP contribution in [0.3, 0.4) is 0 Å². The van der Waals surface area contributed by atoms with Crippen LogP contribution in [0.1, 0.15) is 43.7 Å². The van der Waals surface area contributed by atoms with Gasteiger partial charge in [-0.05, 0) is 62.1 Å². The lowest BCUT2D eigenvalue weighted by Crippen LogP contribution is -2.52. The van der Waals surface area contributed by atoms with Gasteiger partial charge in [0.2, 0.25) is 21.8 Å². The number of hydrogen-bond acceptors (Lipinski definition) is 6. The number of methoxy groups -OCH3 is 2. The Morgan fingerprint density at radius 3 is 2.41 bits per heavy atom. The van der Waals surface area contributed by atoms with Gasteiger partial charge in [-0.2, -0.15) is 0 Å². The molecule has 3 rings (SSSR count). The molecule has 1 saturated carbocycles. The minimum Gasteiger partial charge on any atom is -0.497 e. The van der Waals surface area contributed by atoms with Gasteiger partial charge in [-0.1, -0.05) is 31.0 Å². The number of nitrogens with one attached hydrogen (secondary N) is 1. The molecule has 0 bridgehead atoms. The molecule has 0 radical (unpaired) electrons. The van der Waals surface area contributed by atoms with E-state index in [1.165, 1.54) is 12.0 Å². The van der Waals surface area contributed by atoms with E-state index in [0.29, 0.717) is 11.5 Å². The van der Waals surface area contributed by atoms with Crippen LogP contribution in [0.5, 0.6) is 11.5 Å². The number of carbonyl (C=O) groups excluding carboxylic acids is 2. The number of rotatable bonds is 11. The van der Waals surface area contributed by atoms with E-state index in [1.54, 1.807) is 50.4 Å². The van der Waals surface area contributed by atoms with Crippen LogP contribution in [-0.4, -0.2) is 64.2 Å². The molecule has 9 nitrogen and oxygen atoms in total. The Kier molecular flexibility index (Phi) is 9.42. The van der Waals surface area contributed by atoms with Gasteiger partial charge in [-0.15, -0.1) is 0 Å². The van der Waals surface area contributed by atoms with Crippen LogP contribution in [0.25, 0.3) is 0 Å². The molecule has 1 N–H and O–H groups in total. The smallest absolute Gasteiger partial charge is 0.244 e. The van der Waals surface area contributed by atoms with Crippen molar-refractivity contribution in [1.82, 2.24) is 10.2 Å². The Labute approximate surface area is 219 Å². The summed E-state index contributed by atoms with van der Waals surface area (Å²) in [6.45, 7) is 3.12. The largest absolute Gasteiger partial charge is 0.497 e. The molecule has 1 fully saturated rings. The molecule has 202 valence electrons. The lowest BCUT2D eigenvalue weighted by molar-refractivity contribution is -0.139. The van der Waals surface area contributed by atoms with E-state index in [-0.39, 0.29) is 24.2 Å². The summed E-state index contributed by atoms with van der Waals surface area (Å²) in [7, 11) is -0.859. The number of carbonyl (C=O) groups is 2. The van der Waals surface area contributed by atoms with Crippen molar-refractivity contribution in [2.24, 2.45) is 0 Å². The first kappa shape index (κ1) is 28.3. The third-order valence-electron chi connectivity index (χ3n) is 6.64. The SMILES string of the molecule is COc1cccc(CN(C(=O)CN(c2cc(C)ccc2OC)S(C)(=O)=O)[C@@H](C)C(=O)NC2CCCC2)c1. The fourth-order valence-electron chi connectivity index (χ4n) is 4.53. The standard InChI is InChI=1S/C27H37N3O6S/c1-19-13-14-25(36-4)24(15-19)30(37(5,33)34)18-26(31)29(17-21-9-8-12-23(16-21)35-3)20(2)27(32)28-22-10-6-7-11-22/h8-9,12-16,20,22H,6-7,10-11,17-18H2,1-5H3,(H,28,32)/t20-/m0/s1. The maximum Gasteiger partial charge on any atom is 0.244 e. The first-order valence-corrected chi connectivity index (χ1v) is 14.2. The average molecular weight is 532 g/mol. The van der Waals surface area contributed by atoms with Gasteiger partial charge in [0.05, 0.1) is 26.2 Å². The van der Waals surface area contributed by atoms with E-state index >= 15 is 0 Å². The maximum atomic E-state index is 13.8. The first-order chi connectivity index (χ1) is 17.5. The summed E-state index contributed by atoms with van der Waals surface area (Å²) < 4.78 is 37.4. The number of sulfonamides is 1. The molecule has 0 aromatic heterocycles. The fourth-order valence-corrected chi connectivity index (χ4v) is 5.38. The van der Waals surface area contributed by atoms with Gasteiger partial charge < -0.3 is 19.7 Å². The highest BCUT2D eigenvalue weighted by Crippen LogP contribution is 2.31. The van der Waals surface area contributed by atoms with E-state index in [2.05, 4.69) is 5.32 Å². The monoisotopic (exact) mass is 531 g/mol. The molecular formula is C27H37N3O6S. The lowest BCUT2D eigenvalue weighted by Gasteiger charge is -2.32. The van der Waals surface area contributed by atoms with Crippen molar-refractivity contribution in [3.63, 3.8) is 0 Å². The number of amides is 2. The van der Waals surface area contributed by atoms with Gasteiger partial charge in [0, 0.05) is 12.6 Å². The second-order valence-electron chi connectivity index (χ2n) is 9.48. The van der Waals surface area contributed by atoms with Crippen molar-refractivity contribution in [2.75, 3.05) is 31.3 Å². The lowest BCUT2D eigenvalue weighted by atomic mass is 10.1. The zero-order valence-electron chi connectivity index (χ0n) is 22.2. The Morgan fingerprint density at radius 1 is 1.08 bits per heavy atom. The summed E-state index contributed by atoms with van der Waals surface area (Å²) in [5, 5.41) is 3.05. The van der Waals surface area contributed by atoms with Gasteiger partial charge in [0.15, 0.2) is 0 Å². The van der Waals surface area contributed by atoms with Crippen LogP contribution >= 0.6 is 0 Å². The third kappa shape index (κ3) is 7.38. The molecule has 1 atom stereocenters. The van der Waals surface area contributed by atoms with E-state index in [1.807, 2.05) is 13.0 Å². The molecule has 0 saturated heterocycles. The number of benzene rings is 2. The molecule has 0 heterocycles. The Bertz CT molecular complexity index is 1210. The summed E-state index contributed by atoms with van der Waals surface area (Å²) in [6, 6.07) is 11.6. The van der Waals surface area contributed by atoms with Crippen molar-refractivity contribution in [3.8, 4) is 11.5 Å². The van der Waals surface area contributed by atoms with E-state index < -0.39 is 28.5 Å². The average Bonchev–Trinajstić information content (AvgIpc) is 3.37.